The third kappa shape index (κ3) is 3.87. The smallest absolute Gasteiger partial charge is 0.0483 e. The van der Waals surface area contributed by atoms with Gasteiger partial charge in [-0.1, -0.05) is 60.5 Å². The van der Waals surface area contributed by atoms with Gasteiger partial charge in [0, 0.05) is 11.1 Å². The summed E-state index contributed by atoms with van der Waals surface area (Å²) >= 11 is 6.52. The molecule has 1 nitrogen and oxygen atoms in total. The lowest BCUT2D eigenvalue weighted by atomic mass is 9.94. The fourth-order valence-corrected chi connectivity index (χ4v) is 2.98. The molecular weight excluding hydrogens is 278 g/mol. The molecule has 0 saturated heterocycles. The molecule has 1 atom stereocenters. The third-order valence-electron chi connectivity index (χ3n) is 3.98. The SMILES string of the molecule is CCNC(Cc1cc(C)ccc1C)c1cccc(C)c1Cl. The summed E-state index contributed by atoms with van der Waals surface area (Å²) in [5.74, 6) is 0. The standard InChI is InChI=1S/C19H24ClN/c1-5-21-18(17-8-6-7-15(4)19(17)20)12-16-11-13(2)9-10-14(16)3/h6-11,18,21H,5,12H2,1-4H3. The largest absolute Gasteiger partial charge is 0.310 e. The van der Waals surface area contributed by atoms with Crippen molar-refractivity contribution in [2.24, 2.45) is 0 Å². The predicted molar refractivity (Wildman–Crippen MR) is 92.2 cm³/mol. The molecule has 0 bridgehead atoms. The van der Waals surface area contributed by atoms with Crippen molar-refractivity contribution in [2.45, 2.75) is 40.2 Å². The summed E-state index contributed by atoms with van der Waals surface area (Å²) in [6.45, 7) is 9.45. The zero-order valence-corrected chi connectivity index (χ0v) is 14.1. The summed E-state index contributed by atoms with van der Waals surface area (Å²) in [4.78, 5) is 0. The van der Waals surface area contributed by atoms with E-state index >= 15 is 0 Å². The number of likely N-dealkylation sites (N-methyl/N-ethyl adjacent to an activating group) is 1. The van der Waals surface area contributed by atoms with E-state index in [2.05, 4.69) is 69.4 Å². The number of halogens is 1. The van der Waals surface area contributed by atoms with E-state index in [1.54, 1.807) is 0 Å². The van der Waals surface area contributed by atoms with E-state index in [4.69, 9.17) is 11.6 Å². The Morgan fingerprint density at radius 1 is 1.05 bits per heavy atom. The second-order valence-corrected chi connectivity index (χ2v) is 6.10. The highest BCUT2D eigenvalue weighted by Crippen LogP contribution is 2.29. The zero-order chi connectivity index (χ0) is 15.4. The van der Waals surface area contributed by atoms with E-state index in [9.17, 15) is 0 Å². The lowest BCUT2D eigenvalue weighted by Gasteiger charge is -2.22. The normalized spacial score (nSPS) is 12.4. The second kappa shape index (κ2) is 7.11. The lowest BCUT2D eigenvalue weighted by molar-refractivity contribution is 0.548. The Kier molecular flexibility index (Phi) is 5.44. The van der Waals surface area contributed by atoms with Crippen molar-refractivity contribution in [3.8, 4) is 0 Å². The van der Waals surface area contributed by atoms with Crippen LogP contribution in [-0.4, -0.2) is 6.54 Å². The van der Waals surface area contributed by atoms with Crippen LogP contribution in [0.3, 0.4) is 0 Å². The first kappa shape index (κ1) is 16.1. The minimum Gasteiger partial charge on any atom is -0.310 e. The summed E-state index contributed by atoms with van der Waals surface area (Å²) in [6, 6.07) is 13.2. The molecule has 0 aliphatic heterocycles. The molecule has 0 fully saturated rings. The van der Waals surface area contributed by atoms with Crippen molar-refractivity contribution in [1.82, 2.24) is 5.32 Å². The van der Waals surface area contributed by atoms with E-state index in [-0.39, 0.29) is 6.04 Å². The van der Waals surface area contributed by atoms with E-state index < -0.39 is 0 Å². The van der Waals surface area contributed by atoms with Gasteiger partial charge in [0.05, 0.1) is 0 Å². The van der Waals surface area contributed by atoms with Gasteiger partial charge in [-0.05, 0) is 56.0 Å². The minimum atomic E-state index is 0.253. The van der Waals surface area contributed by atoms with Gasteiger partial charge < -0.3 is 5.32 Å². The van der Waals surface area contributed by atoms with Crippen molar-refractivity contribution in [2.75, 3.05) is 6.54 Å². The van der Waals surface area contributed by atoms with Crippen LogP contribution in [-0.2, 0) is 6.42 Å². The second-order valence-electron chi connectivity index (χ2n) is 5.72. The van der Waals surface area contributed by atoms with Gasteiger partial charge >= 0.3 is 0 Å². The molecule has 2 aromatic rings. The fraction of sp³-hybridized carbons (Fsp3) is 0.368. The number of aryl methyl sites for hydroxylation is 3. The highest BCUT2D eigenvalue weighted by Gasteiger charge is 2.16. The van der Waals surface area contributed by atoms with Gasteiger partial charge in [-0.2, -0.15) is 0 Å². The zero-order valence-electron chi connectivity index (χ0n) is 13.3. The van der Waals surface area contributed by atoms with E-state index in [1.165, 1.54) is 22.3 Å². The van der Waals surface area contributed by atoms with Crippen molar-refractivity contribution < 1.29 is 0 Å². The fourth-order valence-electron chi connectivity index (χ4n) is 2.72. The third-order valence-corrected chi connectivity index (χ3v) is 4.49. The molecule has 0 saturated carbocycles. The molecule has 0 aliphatic carbocycles. The van der Waals surface area contributed by atoms with E-state index in [0.717, 1.165) is 23.6 Å². The monoisotopic (exact) mass is 301 g/mol. The molecule has 0 radical (unpaired) electrons. The number of hydrogen-bond donors (Lipinski definition) is 1. The van der Waals surface area contributed by atoms with Gasteiger partial charge in [-0.25, -0.2) is 0 Å². The first-order chi connectivity index (χ1) is 10.0. The number of hydrogen-bond acceptors (Lipinski definition) is 1. The maximum Gasteiger partial charge on any atom is 0.0483 e. The van der Waals surface area contributed by atoms with Crippen LogP contribution in [0.25, 0.3) is 0 Å². The van der Waals surface area contributed by atoms with Gasteiger partial charge in [-0.3, -0.25) is 0 Å². The average Bonchev–Trinajstić information content (AvgIpc) is 2.45. The van der Waals surface area contributed by atoms with Crippen LogP contribution in [0.4, 0.5) is 0 Å². The Morgan fingerprint density at radius 3 is 2.52 bits per heavy atom. The van der Waals surface area contributed by atoms with Crippen LogP contribution in [0, 0.1) is 20.8 Å². The Hall–Kier alpha value is -1.31. The molecular formula is C19H24ClN. The van der Waals surface area contributed by atoms with Crippen LogP contribution in [0.5, 0.6) is 0 Å². The number of benzene rings is 2. The van der Waals surface area contributed by atoms with Gasteiger partial charge in [-0.15, -0.1) is 0 Å². The van der Waals surface area contributed by atoms with Gasteiger partial charge in [0.25, 0.3) is 0 Å². The van der Waals surface area contributed by atoms with Crippen LogP contribution in [0.2, 0.25) is 5.02 Å². The average molecular weight is 302 g/mol. The van der Waals surface area contributed by atoms with Crippen molar-refractivity contribution in [3.63, 3.8) is 0 Å². The summed E-state index contributed by atoms with van der Waals surface area (Å²) in [5.41, 5.74) is 6.37. The Bertz CT molecular complexity index is 619. The molecule has 2 heteroatoms. The Balaban J connectivity index is 2.35. The summed E-state index contributed by atoms with van der Waals surface area (Å²) < 4.78 is 0. The summed E-state index contributed by atoms with van der Waals surface area (Å²) in [7, 11) is 0. The molecule has 0 aliphatic rings. The minimum absolute atomic E-state index is 0.253. The van der Waals surface area contributed by atoms with Gasteiger partial charge in [0.15, 0.2) is 0 Å². The quantitative estimate of drug-likeness (QED) is 0.804. The molecule has 1 unspecified atom stereocenters. The molecule has 2 rings (SSSR count). The predicted octanol–water partition coefficient (Wildman–Crippen LogP) is 5.16. The van der Waals surface area contributed by atoms with Crippen molar-refractivity contribution in [3.05, 3.63) is 69.2 Å². The molecule has 0 aromatic heterocycles. The summed E-state index contributed by atoms with van der Waals surface area (Å²) in [5, 5.41) is 4.46. The van der Waals surface area contributed by atoms with Crippen LogP contribution >= 0.6 is 11.6 Å². The molecule has 21 heavy (non-hydrogen) atoms. The molecule has 2 aromatic carbocycles. The maximum absolute atomic E-state index is 6.52. The number of rotatable bonds is 5. The van der Waals surface area contributed by atoms with Crippen LogP contribution < -0.4 is 5.32 Å². The maximum atomic E-state index is 6.52. The molecule has 0 spiro atoms. The van der Waals surface area contributed by atoms with Crippen LogP contribution in [0.1, 0.15) is 40.8 Å². The van der Waals surface area contributed by atoms with Gasteiger partial charge in [0.2, 0.25) is 0 Å². The lowest BCUT2D eigenvalue weighted by Crippen LogP contribution is -2.23. The highest BCUT2D eigenvalue weighted by atomic mass is 35.5. The molecule has 0 heterocycles. The molecule has 0 amide bonds. The van der Waals surface area contributed by atoms with Gasteiger partial charge in [0.1, 0.15) is 0 Å². The van der Waals surface area contributed by atoms with Crippen LogP contribution in [0.15, 0.2) is 36.4 Å². The molecule has 112 valence electrons. The van der Waals surface area contributed by atoms with Crippen molar-refractivity contribution in [1.29, 1.82) is 0 Å². The first-order valence-corrected chi connectivity index (χ1v) is 7.95. The van der Waals surface area contributed by atoms with E-state index in [0.29, 0.717) is 0 Å². The molecule has 1 N–H and O–H groups in total. The first-order valence-electron chi connectivity index (χ1n) is 7.57. The highest BCUT2D eigenvalue weighted by molar-refractivity contribution is 6.32. The summed E-state index contributed by atoms with van der Waals surface area (Å²) in [6.07, 6.45) is 0.963. The Labute approximate surface area is 133 Å². The number of nitrogens with one attached hydrogen (secondary N) is 1. The Morgan fingerprint density at radius 2 is 1.81 bits per heavy atom. The van der Waals surface area contributed by atoms with Crippen molar-refractivity contribution >= 4 is 11.6 Å². The topological polar surface area (TPSA) is 12.0 Å². The van der Waals surface area contributed by atoms with E-state index in [1.807, 2.05) is 0 Å².